The topological polar surface area (TPSA) is 111 Å². The molecular weight excluding hydrogens is 519 g/mol. The van der Waals surface area contributed by atoms with Crippen LogP contribution in [0.4, 0.5) is 0 Å². The van der Waals surface area contributed by atoms with Gasteiger partial charge in [-0.05, 0) is 0 Å². The van der Waals surface area contributed by atoms with Gasteiger partial charge in [-0.25, -0.2) is 0 Å². The Morgan fingerprint density at radius 2 is 0.483 bits per heavy atom. The molecule has 0 aromatic carbocycles. The van der Waals surface area contributed by atoms with Crippen LogP contribution in [0.25, 0.3) is 0 Å². The largest absolute Gasteiger partial charge is 0.397 e. The second kappa shape index (κ2) is 37.1. The molecule has 12 nitrogen and oxygen atoms in total. The van der Waals surface area contributed by atoms with Crippen molar-refractivity contribution >= 4 is 34.4 Å². The quantitative estimate of drug-likeness (QED) is 0.252. The summed E-state index contributed by atoms with van der Waals surface area (Å²) in [4.78, 5) is 0. The fourth-order valence-electron chi connectivity index (χ4n) is 0.921. The predicted molar refractivity (Wildman–Crippen MR) is 113 cm³/mol. The molecule has 29 heavy (non-hydrogen) atoms. The van der Waals surface area contributed by atoms with Crippen LogP contribution in [-0.2, 0) is 70.8 Å². The fourth-order valence-corrected chi connectivity index (χ4v) is 2.76. The normalized spacial score (nSPS) is 9.93. The zero-order valence-electron chi connectivity index (χ0n) is 19.1. The maximum absolute atomic E-state index is 4.71. The molecule has 0 aliphatic rings. The third kappa shape index (κ3) is 34.5. The van der Waals surface area contributed by atoms with E-state index in [9.17, 15) is 0 Å². The molecule has 0 radical (unpaired) electrons. The van der Waals surface area contributed by atoms with E-state index in [1.165, 1.54) is 0 Å². The van der Waals surface area contributed by atoms with Gasteiger partial charge in [-0.1, -0.05) is 0 Å². The summed E-state index contributed by atoms with van der Waals surface area (Å²) in [6, 6.07) is 0. The first-order valence-corrected chi connectivity index (χ1v) is 11.7. The average molecular weight is 556 g/mol. The molecular formula is C12H37NiO12P4+. The Hall–Kier alpha value is 1.73. The fraction of sp³-hybridized carbons (Fsp3) is 1.00. The number of rotatable bonds is 12. The van der Waals surface area contributed by atoms with E-state index < -0.39 is 34.4 Å². The summed E-state index contributed by atoms with van der Waals surface area (Å²) in [6.07, 6.45) is 0. The third-order valence-corrected chi connectivity index (χ3v) is 5.52. The minimum Gasteiger partial charge on any atom is -0.316 e. The maximum Gasteiger partial charge on any atom is 0.397 e. The molecule has 0 aromatic heterocycles. The Kier molecular flexibility index (Phi) is 52.4. The monoisotopic (exact) mass is 555 g/mol. The van der Waals surface area contributed by atoms with Crippen molar-refractivity contribution in [2.24, 2.45) is 0 Å². The van der Waals surface area contributed by atoms with E-state index in [1.807, 2.05) is 0 Å². The molecule has 0 aliphatic heterocycles. The van der Waals surface area contributed by atoms with Gasteiger partial charge in [0.2, 0.25) is 0 Å². The van der Waals surface area contributed by atoms with Crippen molar-refractivity contribution in [3.63, 3.8) is 0 Å². The maximum atomic E-state index is 4.71. The zero-order valence-corrected chi connectivity index (χ0v) is 23.7. The summed E-state index contributed by atoms with van der Waals surface area (Å²) in [5, 5.41) is 0. The van der Waals surface area contributed by atoms with Crippen LogP contribution < -0.4 is 0 Å². The number of hydrogen-bond donors (Lipinski definition) is 0. The molecule has 0 N–H and O–H groups in total. The average Bonchev–Trinajstić information content (AvgIpc) is 2.75. The van der Waals surface area contributed by atoms with E-state index in [2.05, 4.69) is 40.7 Å². The third-order valence-electron chi connectivity index (χ3n) is 1.84. The molecule has 0 aliphatic carbocycles. The minimum atomic E-state index is -1.36. The van der Waals surface area contributed by atoms with Gasteiger partial charge >= 0.3 is 34.4 Å². The summed E-state index contributed by atoms with van der Waals surface area (Å²) < 4.78 is 56.1. The Labute approximate surface area is 190 Å². The van der Waals surface area contributed by atoms with Crippen molar-refractivity contribution in [1.82, 2.24) is 0 Å². The first-order chi connectivity index (χ1) is 13.4. The smallest absolute Gasteiger partial charge is 0.316 e. The van der Waals surface area contributed by atoms with E-state index in [-0.39, 0.29) is 16.5 Å². The molecule has 0 unspecified atom stereocenters. The number of hydrogen-bond acceptors (Lipinski definition) is 12. The molecule has 0 saturated carbocycles. The Balaban J connectivity index is -0.0000000873. The molecule has 0 amide bonds. The molecule has 186 valence electrons. The van der Waals surface area contributed by atoms with Gasteiger partial charge in [0.1, 0.15) is 0 Å². The molecule has 0 heterocycles. The van der Waals surface area contributed by atoms with Crippen LogP contribution >= 0.6 is 34.4 Å². The van der Waals surface area contributed by atoms with Gasteiger partial charge in [-0.15, -0.1) is 0 Å². The van der Waals surface area contributed by atoms with Crippen molar-refractivity contribution in [2.75, 3.05) is 85.3 Å². The second-order valence-electron chi connectivity index (χ2n) is 3.18. The van der Waals surface area contributed by atoms with Crippen LogP contribution in [0.1, 0.15) is 0 Å². The van der Waals surface area contributed by atoms with Crippen molar-refractivity contribution in [1.29, 1.82) is 0 Å². The van der Waals surface area contributed by atoms with E-state index in [0.717, 1.165) is 0 Å². The van der Waals surface area contributed by atoms with Crippen LogP contribution in [0.3, 0.4) is 0 Å². The Morgan fingerprint density at radius 1 is 0.345 bits per heavy atom. The summed E-state index contributed by atoms with van der Waals surface area (Å²) in [5.41, 5.74) is 0. The van der Waals surface area contributed by atoms with Crippen molar-refractivity contribution < 1.29 is 70.8 Å². The van der Waals surface area contributed by atoms with Gasteiger partial charge in [0, 0.05) is 80.5 Å². The van der Waals surface area contributed by atoms with Gasteiger partial charge < -0.3 is 40.7 Å². The minimum absolute atomic E-state index is 0. The zero-order chi connectivity index (χ0) is 22.8. The van der Waals surface area contributed by atoms with E-state index in [4.69, 9.17) is 13.6 Å². The van der Waals surface area contributed by atoms with E-state index >= 15 is 0 Å². The van der Waals surface area contributed by atoms with Crippen molar-refractivity contribution in [3.05, 3.63) is 0 Å². The SMILES string of the molecule is COP(OC)OC.COP(OC)OC.COP(OC)OC.CO[PH+](OC)OC.[Ni]. The first-order valence-electron chi connectivity index (χ1n) is 7.15. The van der Waals surface area contributed by atoms with Crippen LogP contribution in [0.2, 0.25) is 0 Å². The Morgan fingerprint density at radius 3 is 0.483 bits per heavy atom. The van der Waals surface area contributed by atoms with Gasteiger partial charge in [0.15, 0.2) is 0 Å². The Bertz CT molecular complexity index is 181. The van der Waals surface area contributed by atoms with Crippen molar-refractivity contribution in [2.45, 2.75) is 0 Å². The molecule has 17 heteroatoms. The van der Waals surface area contributed by atoms with Gasteiger partial charge in [-0.2, -0.15) is 13.6 Å². The van der Waals surface area contributed by atoms with E-state index in [0.29, 0.717) is 0 Å². The van der Waals surface area contributed by atoms with Gasteiger partial charge in [0.25, 0.3) is 0 Å². The molecule has 0 spiro atoms. The van der Waals surface area contributed by atoms with E-state index in [1.54, 1.807) is 85.3 Å². The summed E-state index contributed by atoms with van der Waals surface area (Å²) in [6.45, 7) is 0. The first kappa shape index (κ1) is 41.0. The summed E-state index contributed by atoms with van der Waals surface area (Å²) in [5.74, 6) is 0. The van der Waals surface area contributed by atoms with Crippen LogP contribution in [0.15, 0.2) is 0 Å². The summed E-state index contributed by atoms with van der Waals surface area (Å²) in [7, 11) is 14.0. The standard InChI is InChI=1S/C3H10O3P.3C3H9O3P.Ni/c4*1-4-7(5-2)6-3;/h7H,1-3H3;3*1-3H3;/q+1;;;;. The molecule has 0 fully saturated rings. The molecule has 0 rings (SSSR count). The molecule has 0 saturated heterocycles. The molecule has 0 bridgehead atoms. The van der Waals surface area contributed by atoms with Crippen LogP contribution in [-0.4, -0.2) is 85.3 Å². The summed E-state index contributed by atoms with van der Waals surface area (Å²) >= 11 is 0. The van der Waals surface area contributed by atoms with Gasteiger partial charge in [-0.3, -0.25) is 0 Å². The molecule has 0 aromatic rings. The van der Waals surface area contributed by atoms with Gasteiger partial charge in [0.05, 0.1) is 21.3 Å². The van der Waals surface area contributed by atoms with Crippen LogP contribution in [0, 0.1) is 0 Å². The van der Waals surface area contributed by atoms with Crippen molar-refractivity contribution in [3.8, 4) is 0 Å². The second-order valence-corrected chi connectivity index (χ2v) is 9.53. The predicted octanol–water partition coefficient (Wildman–Crippen LogP) is 4.34. The van der Waals surface area contributed by atoms with Crippen LogP contribution in [0.5, 0.6) is 0 Å². The molecule has 0 atom stereocenters.